The number of carbonyl (C=O) groups excluding carboxylic acids is 1. The molecule has 0 aliphatic carbocycles. The Balaban J connectivity index is 1.76. The molecule has 0 bridgehead atoms. The average molecular weight is 501 g/mol. The van der Waals surface area contributed by atoms with E-state index >= 15 is 0 Å². The molecular weight excluding hydrogens is 477 g/mol. The molecule has 31 heavy (non-hydrogen) atoms. The van der Waals surface area contributed by atoms with E-state index in [1.165, 1.54) is 6.07 Å². The highest BCUT2D eigenvalue weighted by molar-refractivity contribution is 9.10. The van der Waals surface area contributed by atoms with Gasteiger partial charge in [-0.2, -0.15) is 23.4 Å². The van der Waals surface area contributed by atoms with Crippen LogP contribution in [0.3, 0.4) is 0 Å². The Kier molecular flexibility index (Phi) is 6.18. The SMILES string of the molecule is Cc1nn(CCCNC(=O)c2cc3nc(C(C)(C)C)cc(C(F)(F)F)n3n2)c(C)c1Br. The van der Waals surface area contributed by atoms with Crippen molar-refractivity contribution in [3.05, 3.63) is 45.1 Å². The summed E-state index contributed by atoms with van der Waals surface area (Å²) in [6, 6.07) is 2.26. The van der Waals surface area contributed by atoms with E-state index in [2.05, 4.69) is 36.4 Å². The first kappa shape index (κ1) is 23.2. The van der Waals surface area contributed by atoms with Crippen LogP contribution >= 0.6 is 15.9 Å². The minimum absolute atomic E-state index is 0.0163. The van der Waals surface area contributed by atoms with E-state index < -0.39 is 23.2 Å². The number of carbonyl (C=O) groups is 1. The van der Waals surface area contributed by atoms with Crippen molar-refractivity contribution in [1.29, 1.82) is 0 Å². The molecule has 0 saturated carbocycles. The number of nitrogens with one attached hydrogen (secondary N) is 1. The van der Waals surface area contributed by atoms with Gasteiger partial charge >= 0.3 is 6.18 Å². The number of aromatic nitrogens is 5. The van der Waals surface area contributed by atoms with Crippen molar-refractivity contribution in [2.24, 2.45) is 0 Å². The molecule has 3 heterocycles. The summed E-state index contributed by atoms with van der Waals surface area (Å²) in [6.45, 7) is 10.1. The number of amides is 1. The fourth-order valence-corrected chi connectivity index (χ4v) is 3.37. The molecule has 0 unspecified atom stereocenters. The number of hydrogen-bond donors (Lipinski definition) is 1. The number of hydrogen-bond acceptors (Lipinski definition) is 4. The summed E-state index contributed by atoms with van der Waals surface area (Å²) in [7, 11) is 0. The van der Waals surface area contributed by atoms with Gasteiger partial charge in [0.05, 0.1) is 15.9 Å². The van der Waals surface area contributed by atoms with Gasteiger partial charge in [-0.05, 0) is 42.3 Å². The summed E-state index contributed by atoms with van der Waals surface area (Å²) in [5, 5.41) is 11.0. The summed E-state index contributed by atoms with van der Waals surface area (Å²) in [5.41, 5.74) is 0.465. The largest absolute Gasteiger partial charge is 0.433 e. The molecule has 0 aliphatic heterocycles. The van der Waals surface area contributed by atoms with E-state index in [0.717, 1.165) is 21.9 Å². The van der Waals surface area contributed by atoms with Crippen molar-refractivity contribution in [2.75, 3.05) is 6.54 Å². The molecule has 0 aromatic carbocycles. The zero-order chi connectivity index (χ0) is 23.1. The number of fused-ring (bicyclic) bond motifs is 1. The summed E-state index contributed by atoms with van der Waals surface area (Å²) in [5.74, 6) is -0.550. The Morgan fingerprint density at radius 3 is 2.39 bits per heavy atom. The third-order valence-corrected chi connectivity index (χ3v) is 5.99. The minimum Gasteiger partial charge on any atom is -0.351 e. The lowest BCUT2D eigenvalue weighted by Crippen LogP contribution is -2.26. The summed E-state index contributed by atoms with van der Waals surface area (Å²) >= 11 is 3.47. The molecule has 168 valence electrons. The van der Waals surface area contributed by atoms with E-state index in [1.807, 2.05) is 18.5 Å². The first-order chi connectivity index (χ1) is 14.3. The molecule has 3 aromatic heterocycles. The third kappa shape index (κ3) is 4.91. The van der Waals surface area contributed by atoms with Crippen LogP contribution in [0.4, 0.5) is 13.2 Å². The number of aryl methyl sites for hydroxylation is 2. The Hall–Kier alpha value is -2.43. The second kappa shape index (κ2) is 8.25. The number of halogens is 4. The van der Waals surface area contributed by atoms with Crippen molar-refractivity contribution in [3.8, 4) is 0 Å². The highest BCUT2D eigenvalue weighted by Gasteiger charge is 2.36. The second-order valence-electron chi connectivity index (χ2n) is 8.39. The Bertz CT molecular complexity index is 1130. The lowest BCUT2D eigenvalue weighted by atomic mass is 9.91. The lowest BCUT2D eigenvalue weighted by Gasteiger charge is -2.19. The first-order valence-electron chi connectivity index (χ1n) is 9.75. The van der Waals surface area contributed by atoms with E-state index in [9.17, 15) is 18.0 Å². The normalized spacial score (nSPS) is 12.5. The van der Waals surface area contributed by atoms with Crippen LogP contribution in [-0.4, -0.2) is 36.8 Å². The number of alkyl halides is 3. The lowest BCUT2D eigenvalue weighted by molar-refractivity contribution is -0.142. The summed E-state index contributed by atoms with van der Waals surface area (Å²) in [6.07, 6.45) is -4.03. The molecule has 3 rings (SSSR count). The topological polar surface area (TPSA) is 77.1 Å². The van der Waals surface area contributed by atoms with Crippen LogP contribution < -0.4 is 5.32 Å². The molecule has 0 spiro atoms. The van der Waals surface area contributed by atoms with Crippen LogP contribution in [0.25, 0.3) is 5.65 Å². The van der Waals surface area contributed by atoms with Gasteiger partial charge in [-0.15, -0.1) is 0 Å². The van der Waals surface area contributed by atoms with E-state index in [4.69, 9.17) is 0 Å². The van der Waals surface area contributed by atoms with Gasteiger partial charge in [-0.1, -0.05) is 20.8 Å². The smallest absolute Gasteiger partial charge is 0.351 e. The molecular formula is C20H24BrF3N6O. The quantitative estimate of drug-likeness (QED) is 0.525. The standard InChI is InChI=1S/C20H24BrF3N6O/c1-11-17(21)12(2)29(27-11)8-6-7-25-18(31)13-9-16-26-14(19(3,4)5)10-15(20(22,23)24)30(16)28-13/h9-10H,6-8H2,1-5H3,(H,25,31). The van der Waals surface area contributed by atoms with E-state index in [-0.39, 0.29) is 17.0 Å². The fraction of sp³-hybridized carbons (Fsp3) is 0.500. The van der Waals surface area contributed by atoms with Crippen molar-refractivity contribution in [1.82, 2.24) is 29.7 Å². The molecule has 0 radical (unpaired) electrons. The third-order valence-electron chi connectivity index (χ3n) is 4.84. The van der Waals surface area contributed by atoms with Gasteiger partial charge < -0.3 is 5.32 Å². The molecule has 0 atom stereocenters. The van der Waals surface area contributed by atoms with Gasteiger partial charge in [0, 0.05) is 30.3 Å². The zero-order valence-corrected chi connectivity index (χ0v) is 19.5. The zero-order valence-electron chi connectivity index (χ0n) is 17.9. The number of nitrogens with zero attached hydrogens (tertiary/aromatic N) is 5. The van der Waals surface area contributed by atoms with E-state index in [1.54, 1.807) is 20.8 Å². The maximum atomic E-state index is 13.6. The van der Waals surface area contributed by atoms with Crippen LogP contribution in [0.2, 0.25) is 0 Å². The van der Waals surface area contributed by atoms with E-state index in [0.29, 0.717) is 24.0 Å². The van der Waals surface area contributed by atoms with Crippen LogP contribution in [0, 0.1) is 13.8 Å². The molecule has 1 amide bonds. The molecule has 7 nitrogen and oxygen atoms in total. The van der Waals surface area contributed by atoms with Crippen LogP contribution in [-0.2, 0) is 18.1 Å². The molecule has 0 aliphatic rings. The van der Waals surface area contributed by atoms with Crippen molar-refractivity contribution in [3.63, 3.8) is 0 Å². The predicted molar refractivity (Wildman–Crippen MR) is 113 cm³/mol. The highest BCUT2D eigenvalue weighted by atomic mass is 79.9. The van der Waals surface area contributed by atoms with Crippen LogP contribution in [0.1, 0.15) is 60.5 Å². The Morgan fingerprint density at radius 2 is 1.84 bits per heavy atom. The van der Waals surface area contributed by atoms with Crippen molar-refractivity contribution >= 4 is 27.5 Å². The average Bonchev–Trinajstić information content (AvgIpc) is 3.19. The van der Waals surface area contributed by atoms with Gasteiger partial charge in [-0.3, -0.25) is 9.48 Å². The highest BCUT2D eigenvalue weighted by Crippen LogP contribution is 2.32. The van der Waals surface area contributed by atoms with Gasteiger partial charge in [-0.25, -0.2) is 9.50 Å². The fourth-order valence-electron chi connectivity index (χ4n) is 3.09. The van der Waals surface area contributed by atoms with Gasteiger partial charge in [0.1, 0.15) is 5.69 Å². The first-order valence-corrected chi connectivity index (χ1v) is 10.5. The molecule has 1 N–H and O–H groups in total. The Labute approximate surface area is 186 Å². The molecule has 3 aromatic rings. The van der Waals surface area contributed by atoms with Crippen molar-refractivity contribution in [2.45, 2.75) is 59.2 Å². The molecule has 0 fully saturated rings. The molecule has 0 saturated heterocycles. The summed E-state index contributed by atoms with van der Waals surface area (Å²) < 4.78 is 44.2. The minimum atomic E-state index is -4.63. The summed E-state index contributed by atoms with van der Waals surface area (Å²) in [4.78, 5) is 16.8. The van der Waals surface area contributed by atoms with Crippen LogP contribution in [0.5, 0.6) is 0 Å². The maximum absolute atomic E-state index is 13.6. The molecule has 11 heteroatoms. The van der Waals surface area contributed by atoms with Gasteiger partial charge in [0.25, 0.3) is 5.91 Å². The predicted octanol–water partition coefficient (Wildman–Crippen LogP) is 4.44. The van der Waals surface area contributed by atoms with Gasteiger partial charge in [0.2, 0.25) is 0 Å². The number of rotatable bonds is 5. The monoisotopic (exact) mass is 500 g/mol. The maximum Gasteiger partial charge on any atom is 0.433 e. The van der Waals surface area contributed by atoms with Crippen molar-refractivity contribution < 1.29 is 18.0 Å². The Morgan fingerprint density at radius 1 is 1.16 bits per heavy atom. The van der Waals surface area contributed by atoms with Gasteiger partial charge in [0.15, 0.2) is 11.3 Å². The van der Waals surface area contributed by atoms with Crippen LogP contribution in [0.15, 0.2) is 16.6 Å². The second-order valence-corrected chi connectivity index (χ2v) is 9.18.